The summed E-state index contributed by atoms with van der Waals surface area (Å²) in [7, 11) is -3.76. The summed E-state index contributed by atoms with van der Waals surface area (Å²) >= 11 is 0. The number of benzene rings is 3. The zero-order valence-corrected chi connectivity index (χ0v) is 21.1. The van der Waals surface area contributed by atoms with Crippen LogP contribution in [0.2, 0.25) is 0 Å². The van der Waals surface area contributed by atoms with Crippen LogP contribution in [0, 0.1) is 0 Å². The molecule has 3 aromatic rings. The molecule has 3 aromatic carbocycles. The van der Waals surface area contributed by atoms with Gasteiger partial charge in [0.1, 0.15) is 11.5 Å². The topological polar surface area (TPSA) is 88.2 Å². The molecule has 1 heterocycles. The van der Waals surface area contributed by atoms with Gasteiger partial charge in [-0.25, -0.2) is 8.42 Å². The van der Waals surface area contributed by atoms with Gasteiger partial charge in [0.15, 0.2) is 6.61 Å². The second kappa shape index (κ2) is 11.9. The molecule has 0 aromatic heterocycles. The highest BCUT2D eigenvalue weighted by Crippen LogP contribution is 2.21. The SMILES string of the molecule is CCOc1ccc(NS(=O)(=O)c2ccc(OCC(=O)N3CCN(Cc4ccccc4)CC3)cc2)cc1. The Hall–Kier alpha value is -3.56. The van der Waals surface area contributed by atoms with E-state index in [-0.39, 0.29) is 17.4 Å². The highest BCUT2D eigenvalue weighted by Gasteiger charge is 2.21. The van der Waals surface area contributed by atoms with E-state index in [1.807, 2.05) is 25.1 Å². The number of carbonyl (C=O) groups is 1. The maximum atomic E-state index is 12.7. The number of sulfonamides is 1. The molecule has 9 heteroatoms. The predicted molar refractivity (Wildman–Crippen MR) is 139 cm³/mol. The lowest BCUT2D eigenvalue weighted by atomic mass is 10.2. The van der Waals surface area contributed by atoms with E-state index in [4.69, 9.17) is 9.47 Å². The molecule has 1 aliphatic rings. The van der Waals surface area contributed by atoms with E-state index in [9.17, 15) is 13.2 Å². The molecule has 190 valence electrons. The van der Waals surface area contributed by atoms with Crippen LogP contribution in [0.4, 0.5) is 5.69 Å². The molecule has 1 amide bonds. The molecule has 4 rings (SSSR count). The Balaban J connectivity index is 1.24. The summed E-state index contributed by atoms with van der Waals surface area (Å²) < 4.78 is 38.9. The van der Waals surface area contributed by atoms with Gasteiger partial charge in [-0.1, -0.05) is 30.3 Å². The molecule has 1 fully saturated rings. The lowest BCUT2D eigenvalue weighted by Gasteiger charge is -2.34. The normalized spacial score (nSPS) is 14.3. The third-order valence-electron chi connectivity index (χ3n) is 5.89. The Labute approximate surface area is 212 Å². The van der Waals surface area contributed by atoms with Gasteiger partial charge in [-0.2, -0.15) is 0 Å². The summed E-state index contributed by atoms with van der Waals surface area (Å²) in [4.78, 5) is 16.8. The largest absolute Gasteiger partial charge is 0.494 e. The van der Waals surface area contributed by atoms with Crippen molar-refractivity contribution >= 4 is 21.6 Å². The van der Waals surface area contributed by atoms with E-state index < -0.39 is 10.0 Å². The molecule has 36 heavy (non-hydrogen) atoms. The summed E-state index contributed by atoms with van der Waals surface area (Å²) in [6.07, 6.45) is 0. The van der Waals surface area contributed by atoms with Crippen LogP contribution < -0.4 is 14.2 Å². The van der Waals surface area contributed by atoms with Crippen molar-refractivity contribution in [2.45, 2.75) is 18.4 Å². The summed E-state index contributed by atoms with van der Waals surface area (Å²) in [6, 6.07) is 23.0. The minimum absolute atomic E-state index is 0.0803. The van der Waals surface area contributed by atoms with E-state index in [2.05, 4.69) is 21.8 Å². The minimum atomic E-state index is -3.76. The minimum Gasteiger partial charge on any atom is -0.494 e. The molecule has 0 spiro atoms. The number of carbonyl (C=O) groups excluding carboxylic acids is 1. The second-order valence-electron chi connectivity index (χ2n) is 8.47. The third-order valence-corrected chi connectivity index (χ3v) is 7.29. The van der Waals surface area contributed by atoms with Crippen molar-refractivity contribution in [1.29, 1.82) is 0 Å². The first-order valence-corrected chi connectivity index (χ1v) is 13.4. The van der Waals surface area contributed by atoms with Crippen LogP contribution in [-0.2, 0) is 21.4 Å². The van der Waals surface area contributed by atoms with Crippen LogP contribution in [0.25, 0.3) is 0 Å². The molecule has 1 saturated heterocycles. The Morgan fingerprint density at radius 3 is 2.08 bits per heavy atom. The fraction of sp³-hybridized carbons (Fsp3) is 0.296. The molecular weight excluding hydrogens is 478 g/mol. The van der Waals surface area contributed by atoms with Gasteiger partial charge in [0.2, 0.25) is 0 Å². The van der Waals surface area contributed by atoms with E-state index in [1.54, 1.807) is 41.3 Å². The number of nitrogens with zero attached hydrogens (tertiary/aromatic N) is 2. The van der Waals surface area contributed by atoms with Gasteiger partial charge in [-0.3, -0.25) is 14.4 Å². The highest BCUT2D eigenvalue weighted by molar-refractivity contribution is 7.92. The van der Waals surface area contributed by atoms with Crippen LogP contribution in [0.1, 0.15) is 12.5 Å². The first-order chi connectivity index (χ1) is 17.4. The average Bonchev–Trinajstić information content (AvgIpc) is 2.90. The zero-order chi connectivity index (χ0) is 25.4. The molecule has 0 bridgehead atoms. The number of anilines is 1. The Kier molecular flexibility index (Phi) is 8.45. The second-order valence-corrected chi connectivity index (χ2v) is 10.1. The molecule has 8 nitrogen and oxygen atoms in total. The third kappa shape index (κ3) is 6.99. The van der Waals surface area contributed by atoms with Gasteiger partial charge in [-0.15, -0.1) is 0 Å². The van der Waals surface area contributed by atoms with Crippen LogP contribution in [0.15, 0.2) is 83.8 Å². The number of nitrogens with one attached hydrogen (secondary N) is 1. The first kappa shape index (κ1) is 25.5. The standard InChI is InChI=1S/C27H31N3O5S/c1-2-34-24-10-8-23(9-11-24)28-36(32,33)26-14-12-25(13-15-26)35-21-27(31)30-18-16-29(17-19-30)20-22-6-4-3-5-7-22/h3-15,28H,2,16-21H2,1H3. The number of hydrogen-bond donors (Lipinski definition) is 1. The van der Waals surface area contributed by atoms with E-state index in [1.165, 1.54) is 17.7 Å². The van der Waals surface area contributed by atoms with Crippen molar-refractivity contribution < 1.29 is 22.7 Å². The van der Waals surface area contributed by atoms with Gasteiger partial charge in [-0.05, 0) is 61.0 Å². The Morgan fingerprint density at radius 1 is 0.833 bits per heavy atom. The first-order valence-electron chi connectivity index (χ1n) is 12.0. The zero-order valence-electron chi connectivity index (χ0n) is 20.3. The lowest BCUT2D eigenvalue weighted by molar-refractivity contribution is -0.135. The van der Waals surface area contributed by atoms with Gasteiger partial charge in [0, 0.05) is 38.4 Å². The maximum absolute atomic E-state index is 12.7. The van der Waals surface area contributed by atoms with Gasteiger partial charge >= 0.3 is 0 Å². The molecule has 0 unspecified atom stereocenters. The van der Waals surface area contributed by atoms with Crippen LogP contribution in [0.5, 0.6) is 11.5 Å². The van der Waals surface area contributed by atoms with Crippen molar-refractivity contribution in [3.8, 4) is 11.5 Å². The van der Waals surface area contributed by atoms with E-state index >= 15 is 0 Å². The summed E-state index contributed by atoms with van der Waals surface area (Å²) in [5.41, 5.74) is 1.70. The maximum Gasteiger partial charge on any atom is 0.261 e. The molecule has 0 atom stereocenters. The van der Waals surface area contributed by atoms with Crippen molar-refractivity contribution in [3.63, 3.8) is 0 Å². The van der Waals surface area contributed by atoms with Gasteiger partial charge < -0.3 is 14.4 Å². The van der Waals surface area contributed by atoms with Crippen LogP contribution in [-0.4, -0.2) is 63.5 Å². The monoisotopic (exact) mass is 509 g/mol. The quantitative estimate of drug-likeness (QED) is 0.449. The number of piperazine rings is 1. The Morgan fingerprint density at radius 2 is 1.44 bits per heavy atom. The number of amides is 1. The fourth-order valence-corrected chi connectivity index (χ4v) is 5.01. The number of hydrogen-bond acceptors (Lipinski definition) is 6. The molecule has 1 aliphatic heterocycles. The number of rotatable bonds is 10. The van der Waals surface area contributed by atoms with Gasteiger partial charge in [0.05, 0.1) is 11.5 Å². The Bertz CT molecular complexity index is 1220. The van der Waals surface area contributed by atoms with E-state index in [0.29, 0.717) is 36.9 Å². The van der Waals surface area contributed by atoms with Crippen molar-refractivity contribution in [2.24, 2.45) is 0 Å². The van der Waals surface area contributed by atoms with Crippen molar-refractivity contribution in [3.05, 3.63) is 84.4 Å². The molecular formula is C27H31N3O5S. The summed E-state index contributed by atoms with van der Waals surface area (Å²) in [5, 5.41) is 0. The molecule has 0 aliphatic carbocycles. The molecule has 0 saturated carbocycles. The molecule has 0 radical (unpaired) electrons. The summed E-state index contributed by atoms with van der Waals surface area (Å²) in [6.45, 7) is 6.15. The van der Waals surface area contributed by atoms with Crippen molar-refractivity contribution in [2.75, 3.05) is 44.1 Å². The lowest BCUT2D eigenvalue weighted by Crippen LogP contribution is -2.49. The average molecular weight is 510 g/mol. The van der Waals surface area contributed by atoms with Crippen molar-refractivity contribution in [1.82, 2.24) is 9.80 Å². The van der Waals surface area contributed by atoms with E-state index in [0.717, 1.165) is 19.6 Å². The molecule has 1 N–H and O–H groups in total. The van der Waals surface area contributed by atoms with Crippen LogP contribution in [0.3, 0.4) is 0 Å². The summed E-state index contributed by atoms with van der Waals surface area (Å²) in [5.74, 6) is 1.03. The smallest absolute Gasteiger partial charge is 0.261 e. The number of ether oxygens (including phenoxy) is 2. The van der Waals surface area contributed by atoms with Crippen LogP contribution >= 0.6 is 0 Å². The predicted octanol–water partition coefficient (Wildman–Crippen LogP) is 3.61. The fourth-order valence-electron chi connectivity index (χ4n) is 3.95. The van der Waals surface area contributed by atoms with Gasteiger partial charge in [0.25, 0.3) is 15.9 Å². The highest BCUT2D eigenvalue weighted by atomic mass is 32.2.